The predicted octanol–water partition coefficient (Wildman–Crippen LogP) is 2.12. The Hall–Kier alpha value is -1.96. The van der Waals surface area contributed by atoms with E-state index >= 15 is 0 Å². The van der Waals surface area contributed by atoms with Gasteiger partial charge in [0, 0.05) is 23.5 Å². The zero-order chi connectivity index (χ0) is 19.4. The van der Waals surface area contributed by atoms with Crippen LogP contribution in [-0.2, 0) is 0 Å². The van der Waals surface area contributed by atoms with E-state index in [1.807, 2.05) is 0 Å². The normalized spacial score (nSPS) is 17.8. The molecule has 7 N–H and O–H groups in total. The number of benzene rings is 1. The zero-order valence-corrected chi connectivity index (χ0v) is 15.5. The monoisotopic (exact) mass is 376 g/mol. The fraction of sp³-hybridized carbons (Fsp3) is 0.550. The fourth-order valence-electron chi connectivity index (χ4n) is 4.00. The van der Waals surface area contributed by atoms with Crippen molar-refractivity contribution in [2.24, 2.45) is 11.5 Å². The molecular formula is C20H29FN4O2. The van der Waals surface area contributed by atoms with Crippen molar-refractivity contribution in [1.82, 2.24) is 10.3 Å². The number of aliphatic hydroxyl groups excluding tert-OH is 1. The van der Waals surface area contributed by atoms with Gasteiger partial charge >= 0.3 is 0 Å². The Bertz CT molecular complexity index is 786. The van der Waals surface area contributed by atoms with Gasteiger partial charge in [0.1, 0.15) is 11.5 Å². The highest BCUT2D eigenvalue weighted by atomic mass is 19.1. The van der Waals surface area contributed by atoms with Crippen molar-refractivity contribution in [3.05, 3.63) is 35.3 Å². The third-order valence-corrected chi connectivity index (χ3v) is 5.50. The van der Waals surface area contributed by atoms with Crippen molar-refractivity contribution >= 4 is 16.8 Å². The van der Waals surface area contributed by atoms with Gasteiger partial charge in [0.15, 0.2) is 0 Å². The first-order valence-electron chi connectivity index (χ1n) is 9.74. The number of halogens is 1. The van der Waals surface area contributed by atoms with Crippen LogP contribution in [-0.4, -0.2) is 41.2 Å². The lowest BCUT2D eigenvalue weighted by molar-refractivity contribution is 0.0923. The summed E-state index contributed by atoms with van der Waals surface area (Å²) in [5.74, 6) is -0.341. The molecule has 7 heteroatoms. The number of amides is 1. The maximum atomic E-state index is 13.8. The van der Waals surface area contributed by atoms with Gasteiger partial charge in [-0.2, -0.15) is 0 Å². The van der Waals surface area contributed by atoms with Gasteiger partial charge < -0.3 is 26.9 Å². The maximum Gasteiger partial charge on any atom is 0.268 e. The minimum atomic E-state index is -0.759. The molecule has 1 aliphatic carbocycles. The van der Waals surface area contributed by atoms with E-state index in [1.165, 1.54) is 18.6 Å². The maximum absolute atomic E-state index is 13.8. The second-order valence-electron chi connectivity index (χ2n) is 7.46. The van der Waals surface area contributed by atoms with Crippen molar-refractivity contribution in [3.63, 3.8) is 0 Å². The molecule has 1 aromatic carbocycles. The largest absolute Gasteiger partial charge is 0.391 e. The topological polar surface area (TPSA) is 117 Å². The van der Waals surface area contributed by atoms with Gasteiger partial charge in [0.05, 0.1) is 6.10 Å². The van der Waals surface area contributed by atoms with Crippen LogP contribution in [0.4, 0.5) is 4.39 Å². The van der Waals surface area contributed by atoms with Crippen LogP contribution in [0.25, 0.3) is 10.9 Å². The summed E-state index contributed by atoms with van der Waals surface area (Å²) >= 11 is 0. The number of hydrogen-bond donors (Lipinski definition) is 5. The SMILES string of the molecule is NCCC(O)[C@@H](N)CNC(=O)c1[nH]c2ccc(F)cc2c1C1CCCCC1. The van der Waals surface area contributed by atoms with E-state index < -0.39 is 12.1 Å². The van der Waals surface area contributed by atoms with Gasteiger partial charge in [0.25, 0.3) is 5.91 Å². The quantitative estimate of drug-likeness (QED) is 0.509. The predicted molar refractivity (Wildman–Crippen MR) is 104 cm³/mol. The Morgan fingerprint density at radius 1 is 1.33 bits per heavy atom. The Balaban J connectivity index is 1.85. The summed E-state index contributed by atoms with van der Waals surface area (Å²) in [4.78, 5) is 16.0. The lowest BCUT2D eigenvalue weighted by Crippen LogP contribution is -2.45. The number of H-pyrrole nitrogens is 1. The zero-order valence-electron chi connectivity index (χ0n) is 15.5. The smallest absolute Gasteiger partial charge is 0.268 e. The van der Waals surface area contributed by atoms with E-state index in [4.69, 9.17) is 11.5 Å². The highest BCUT2D eigenvalue weighted by Gasteiger charge is 2.26. The van der Waals surface area contributed by atoms with E-state index in [0.717, 1.165) is 42.1 Å². The van der Waals surface area contributed by atoms with E-state index in [1.54, 1.807) is 6.07 Å². The van der Waals surface area contributed by atoms with Gasteiger partial charge in [-0.3, -0.25) is 4.79 Å². The molecule has 1 aromatic heterocycles. The van der Waals surface area contributed by atoms with E-state index in [9.17, 15) is 14.3 Å². The van der Waals surface area contributed by atoms with Crippen molar-refractivity contribution in [3.8, 4) is 0 Å². The average molecular weight is 376 g/mol. The van der Waals surface area contributed by atoms with Crippen LogP contribution >= 0.6 is 0 Å². The summed E-state index contributed by atoms with van der Waals surface area (Å²) in [7, 11) is 0. The van der Waals surface area contributed by atoms with Gasteiger partial charge in [-0.05, 0) is 55.5 Å². The molecule has 0 saturated heterocycles. The molecule has 6 nitrogen and oxygen atoms in total. The van der Waals surface area contributed by atoms with Crippen LogP contribution in [0.1, 0.15) is 60.5 Å². The van der Waals surface area contributed by atoms with Crippen LogP contribution in [0, 0.1) is 5.82 Å². The molecule has 1 heterocycles. The van der Waals surface area contributed by atoms with Crippen LogP contribution in [0.15, 0.2) is 18.2 Å². The molecular weight excluding hydrogens is 347 g/mol. The van der Waals surface area contributed by atoms with E-state index in [2.05, 4.69) is 10.3 Å². The number of hydrogen-bond acceptors (Lipinski definition) is 4. The third-order valence-electron chi connectivity index (χ3n) is 5.50. The first-order valence-corrected chi connectivity index (χ1v) is 9.74. The van der Waals surface area contributed by atoms with Crippen molar-refractivity contribution in [2.75, 3.05) is 13.1 Å². The van der Waals surface area contributed by atoms with Crippen molar-refractivity contribution in [1.29, 1.82) is 0 Å². The number of aliphatic hydroxyl groups is 1. The van der Waals surface area contributed by atoms with Crippen LogP contribution in [0.2, 0.25) is 0 Å². The Morgan fingerprint density at radius 3 is 2.78 bits per heavy atom. The van der Waals surface area contributed by atoms with Gasteiger partial charge in [-0.25, -0.2) is 4.39 Å². The summed E-state index contributed by atoms with van der Waals surface area (Å²) in [5, 5.41) is 13.5. The summed E-state index contributed by atoms with van der Waals surface area (Å²) in [5.41, 5.74) is 13.5. The molecule has 2 atom stereocenters. The van der Waals surface area contributed by atoms with Gasteiger partial charge in [-0.15, -0.1) is 0 Å². The van der Waals surface area contributed by atoms with E-state index in [-0.39, 0.29) is 24.2 Å². The second-order valence-corrected chi connectivity index (χ2v) is 7.46. The van der Waals surface area contributed by atoms with Gasteiger partial charge in [0.2, 0.25) is 0 Å². The standard InChI is InChI=1S/C20H29FN4O2/c21-13-6-7-16-14(10-13)18(12-4-2-1-3-5-12)19(25-16)20(27)24-11-15(23)17(26)8-9-22/h6-7,10,12,15,17,25-26H,1-5,8-9,11,22-23H2,(H,24,27)/t15-,17?/m0/s1. The minimum absolute atomic E-state index is 0.147. The molecule has 0 spiro atoms. The Morgan fingerprint density at radius 2 is 2.07 bits per heavy atom. The lowest BCUT2D eigenvalue weighted by Gasteiger charge is -2.23. The fourth-order valence-corrected chi connectivity index (χ4v) is 4.00. The number of carbonyl (C=O) groups excluding carboxylic acids is 1. The van der Waals surface area contributed by atoms with Crippen LogP contribution < -0.4 is 16.8 Å². The number of rotatable bonds is 7. The summed E-state index contributed by atoms with van der Waals surface area (Å²) in [6, 6.07) is 3.98. The highest BCUT2D eigenvalue weighted by Crippen LogP contribution is 2.38. The molecule has 0 radical (unpaired) electrons. The Labute approximate surface area is 158 Å². The van der Waals surface area contributed by atoms with Crippen LogP contribution in [0.3, 0.4) is 0 Å². The summed E-state index contributed by atoms with van der Waals surface area (Å²) < 4.78 is 13.8. The number of aromatic nitrogens is 1. The van der Waals surface area contributed by atoms with Crippen LogP contribution in [0.5, 0.6) is 0 Å². The van der Waals surface area contributed by atoms with Crippen molar-refractivity contribution in [2.45, 2.75) is 56.6 Å². The molecule has 1 fully saturated rings. The molecule has 0 aliphatic heterocycles. The van der Waals surface area contributed by atoms with Crippen molar-refractivity contribution < 1.29 is 14.3 Å². The van der Waals surface area contributed by atoms with E-state index in [0.29, 0.717) is 18.7 Å². The lowest BCUT2D eigenvalue weighted by atomic mass is 9.82. The van der Waals surface area contributed by atoms with Gasteiger partial charge in [-0.1, -0.05) is 19.3 Å². The number of nitrogens with one attached hydrogen (secondary N) is 2. The minimum Gasteiger partial charge on any atom is -0.391 e. The number of carbonyl (C=O) groups is 1. The number of aromatic amines is 1. The first-order chi connectivity index (χ1) is 13.0. The third kappa shape index (κ3) is 4.48. The molecule has 1 aliphatic rings. The molecule has 0 bridgehead atoms. The second kappa shape index (κ2) is 8.82. The molecule has 1 amide bonds. The molecule has 1 unspecified atom stereocenters. The Kier molecular flexibility index (Phi) is 6.46. The molecule has 27 heavy (non-hydrogen) atoms. The first kappa shape index (κ1) is 19.8. The molecule has 3 rings (SSSR count). The molecule has 2 aromatic rings. The highest BCUT2D eigenvalue weighted by molar-refractivity contribution is 6.01. The molecule has 148 valence electrons. The number of nitrogens with two attached hydrogens (primary N) is 2. The average Bonchev–Trinajstić information content (AvgIpc) is 3.05. The molecule has 1 saturated carbocycles. The summed E-state index contributed by atoms with van der Waals surface area (Å²) in [6.07, 6.45) is 5.05. The number of fused-ring (bicyclic) bond motifs is 1. The summed E-state index contributed by atoms with van der Waals surface area (Å²) in [6.45, 7) is 0.482.